The molecule has 26 heavy (non-hydrogen) atoms. The predicted molar refractivity (Wildman–Crippen MR) is 105 cm³/mol. The van der Waals surface area contributed by atoms with Gasteiger partial charge in [-0.15, -0.1) is 0 Å². The van der Waals surface area contributed by atoms with Crippen LogP contribution in [0.3, 0.4) is 0 Å². The zero-order valence-electron chi connectivity index (χ0n) is 14.2. The Kier molecular flexibility index (Phi) is 5.01. The van der Waals surface area contributed by atoms with Crippen LogP contribution in [0.4, 0.5) is 5.82 Å². The molecule has 4 rings (SSSR count). The summed E-state index contributed by atoms with van der Waals surface area (Å²) in [6.07, 6.45) is 3.58. The second-order valence-electron chi connectivity index (χ2n) is 6.20. The Morgan fingerprint density at radius 3 is 2.62 bits per heavy atom. The zero-order chi connectivity index (χ0) is 17.9. The average Bonchev–Trinajstić information content (AvgIpc) is 3.03. The average molecular weight is 387 g/mol. The quantitative estimate of drug-likeness (QED) is 0.644. The number of hydrogen-bond acceptors (Lipinski definition) is 5. The van der Waals surface area contributed by atoms with Crippen molar-refractivity contribution in [3.05, 3.63) is 64.8 Å². The molecule has 1 fully saturated rings. The van der Waals surface area contributed by atoms with Crippen LogP contribution in [0.15, 0.2) is 55.0 Å². The Morgan fingerprint density at radius 1 is 1.04 bits per heavy atom. The van der Waals surface area contributed by atoms with Crippen molar-refractivity contribution in [1.29, 1.82) is 0 Å². The van der Waals surface area contributed by atoms with Gasteiger partial charge in [0.05, 0.1) is 12.4 Å². The van der Waals surface area contributed by atoms with E-state index in [0.29, 0.717) is 16.5 Å². The van der Waals surface area contributed by atoms with Crippen LogP contribution in [0, 0.1) is 4.77 Å². The molecule has 0 unspecified atom stereocenters. The van der Waals surface area contributed by atoms with Crippen molar-refractivity contribution < 1.29 is 0 Å². The van der Waals surface area contributed by atoms with Crippen molar-refractivity contribution in [1.82, 2.24) is 24.2 Å². The monoisotopic (exact) mass is 386 g/mol. The Morgan fingerprint density at radius 2 is 1.88 bits per heavy atom. The van der Waals surface area contributed by atoms with Gasteiger partial charge in [-0.25, -0.2) is 9.67 Å². The van der Waals surface area contributed by atoms with Gasteiger partial charge in [0.15, 0.2) is 0 Å². The molecule has 0 bridgehead atoms. The van der Waals surface area contributed by atoms with Crippen molar-refractivity contribution in [2.75, 3.05) is 31.1 Å². The number of aromatic nitrogens is 4. The zero-order valence-corrected chi connectivity index (χ0v) is 15.8. The Bertz CT molecular complexity index is 930. The summed E-state index contributed by atoms with van der Waals surface area (Å²) in [4.78, 5) is 9.09. The summed E-state index contributed by atoms with van der Waals surface area (Å²) in [6.45, 7) is 4.46. The molecular formula is C18H19ClN6S. The maximum Gasteiger partial charge on any atom is 0.203 e. The van der Waals surface area contributed by atoms with Gasteiger partial charge in [0.1, 0.15) is 12.1 Å². The minimum absolute atomic E-state index is 0.666. The summed E-state index contributed by atoms with van der Waals surface area (Å²) < 4.78 is 4.40. The molecule has 1 aliphatic rings. The molecule has 0 spiro atoms. The lowest BCUT2D eigenvalue weighted by atomic mass is 10.3. The van der Waals surface area contributed by atoms with Crippen LogP contribution in [0.25, 0.3) is 5.69 Å². The van der Waals surface area contributed by atoms with Gasteiger partial charge in [-0.1, -0.05) is 23.7 Å². The fraction of sp³-hybridized carbons (Fsp3) is 0.278. The lowest BCUT2D eigenvalue weighted by Crippen LogP contribution is -2.47. The molecule has 0 aliphatic carbocycles. The third kappa shape index (κ3) is 3.65. The Labute approximate surface area is 162 Å². The smallest absolute Gasteiger partial charge is 0.203 e. The molecule has 0 radical (unpaired) electrons. The van der Waals surface area contributed by atoms with Crippen molar-refractivity contribution in [2.24, 2.45) is 0 Å². The van der Waals surface area contributed by atoms with Crippen molar-refractivity contribution >= 4 is 29.6 Å². The SMILES string of the molecule is S=c1n(-c2cccc(Cl)c2)cnn1CN1CCN(c2ccccn2)CC1. The van der Waals surface area contributed by atoms with Crippen LogP contribution in [-0.2, 0) is 6.67 Å². The Hall–Kier alpha value is -2.22. The highest BCUT2D eigenvalue weighted by Crippen LogP contribution is 2.16. The molecule has 8 heteroatoms. The van der Waals surface area contributed by atoms with E-state index in [-0.39, 0.29) is 0 Å². The number of nitrogens with zero attached hydrogens (tertiary/aromatic N) is 6. The van der Waals surface area contributed by atoms with E-state index >= 15 is 0 Å². The van der Waals surface area contributed by atoms with Crippen molar-refractivity contribution in [3.8, 4) is 5.69 Å². The minimum Gasteiger partial charge on any atom is -0.354 e. The van der Waals surface area contributed by atoms with Crippen LogP contribution in [0.1, 0.15) is 0 Å². The summed E-state index contributed by atoms with van der Waals surface area (Å²) >= 11 is 11.7. The van der Waals surface area contributed by atoms with Crippen LogP contribution in [0.5, 0.6) is 0 Å². The molecule has 6 nitrogen and oxygen atoms in total. The fourth-order valence-corrected chi connectivity index (χ4v) is 3.53. The fourth-order valence-electron chi connectivity index (χ4n) is 3.09. The van der Waals surface area contributed by atoms with E-state index < -0.39 is 0 Å². The molecule has 0 amide bonds. The molecule has 0 N–H and O–H groups in total. The molecule has 1 aliphatic heterocycles. The number of hydrogen-bond donors (Lipinski definition) is 0. The lowest BCUT2D eigenvalue weighted by Gasteiger charge is -2.35. The van der Waals surface area contributed by atoms with Crippen molar-refractivity contribution in [2.45, 2.75) is 6.67 Å². The van der Waals surface area contributed by atoms with Gasteiger partial charge < -0.3 is 4.90 Å². The van der Waals surface area contributed by atoms with Gasteiger partial charge in [-0.3, -0.25) is 9.47 Å². The molecule has 0 saturated carbocycles. The molecule has 1 saturated heterocycles. The van der Waals surface area contributed by atoms with Gasteiger partial charge in [-0.05, 0) is 42.5 Å². The molecule has 3 aromatic rings. The van der Waals surface area contributed by atoms with E-state index in [4.69, 9.17) is 23.8 Å². The van der Waals surface area contributed by atoms with Gasteiger partial charge >= 0.3 is 0 Å². The number of anilines is 1. The van der Waals surface area contributed by atoms with Gasteiger partial charge in [0.25, 0.3) is 0 Å². The number of halogens is 1. The second-order valence-corrected chi connectivity index (χ2v) is 7.00. The first-order chi connectivity index (χ1) is 12.7. The van der Waals surface area contributed by atoms with Gasteiger partial charge in [0.2, 0.25) is 4.77 Å². The highest BCUT2D eigenvalue weighted by molar-refractivity contribution is 7.71. The minimum atomic E-state index is 0.666. The molecule has 3 heterocycles. The maximum atomic E-state index is 6.08. The largest absolute Gasteiger partial charge is 0.354 e. The number of pyridine rings is 1. The second kappa shape index (κ2) is 7.57. The summed E-state index contributed by atoms with van der Waals surface area (Å²) in [5.41, 5.74) is 0.925. The summed E-state index contributed by atoms with van der Waals surface area (Å²) in [5.74, 6) is 1.04. The molecule has 2 aromatic heterocycles. The Balaban J connectivity index is 1.42. The predicted octanol–water partition coefficient (Wildman–Crippen LogP) is 3.23. The van der Waals surface area contributed by atoms with Crippen LogP contribution in [0.2, 0.25) is 5.02 Å². The first kappa shape index (κ1) is 17.2. The van der Waals surface area contributed by atoms with Crippen LogP contribution < -0.4 is 4.90 Å². The number of piperazine rings is 1. The number of benzene rings is 1. The summed E-state index contributed by atoms with van der Waals surface area (Å²) in [5, 5.41) is 5.14. The maximum absolute atomic E-state index is 6.08. The van der Waals surface area contributed by atoms with E-state index in [1.807, 2.05) is 51.8 Å². The molecular weight excluding hydrogens is 368 g/mol. The van der Waals surface area contributed by atoms with Crippen LogP contribution in [-0.4, -0.2) is 50.4 Å². The summed E-state index contributed by atoms with van der Waals surface area (Å²) in [6, 6.07) is 13.6. The first-order valence-corrected chi connectivity index (χ1v) is 9.28. The first-order valence-electron chi connectivity index (χ1n) is 8.49. The van der Waals surface area contributed by atoms with Gasteiger partial charge in [-0.2, -0.15) is 5.10 Å². The highest BCUT2D eigenvalue weighted by atomic mass is 35.5. The summed E-state index contributed by atoms with van der Waals surface area (Å²) in [7, 11) is 0. The van der Waals surface area contributed by atoms with E-state index in [1.165, 1.54) is 0 Å². The third-order valence-corrected chi connectivity index (χ3v) is 5.14. The number of rotatable bonds is 4. The lowest BCUT2D eigenvalue weighted by molar-refractivity contribution is 0.194. The molecule has 0 atom stereocenters. The van der Waals surface area contributed by atoms with Gasteiger partial charge in [0, 0.05) is 37.4 Å². The molecule has 1 aromatic carbocycles. The topological polar surface area (TPSA) is 42.1 Å². The van der Waals surface area contributed by atoms with E-state index in [9.17, 15) is 0 Å². The van der Waals surface area contributed by atoms with Crippen molar-refractivity contribution in [3.63, 3.8) is 0 Å². The van der Waals surface area contributed by atoms with Crippen LogP contribution >= 0.6 is 23.8 Å². The highest BCUT2D eigenvalue weighted by Gasteiger charge is 2.18. The van der Waals surface area contributed by atoms with E-state index in [0.717, 1.165) is 37.7 Å². The van der Waals surface area contributed by atoms with E-state index in [2.05, 4.69) is 25.9 Å². The van der Waals surface area contributed by atoms with E-state index in [1.54, 1.807) is 6.33 Å². The normalized spacial score (nSPS) is 15.3. The standard InChI is InChI=1S/C18H19ClN6S/c19-15-4-3-5-16(12-15)24-13-21-25(18(24)26)14-22-8-10-23(11-9-22)17-6-1-2-7-20-17/h1-7,12-13H,8-11,14H2. The molecule has 134 valence electrons. The third-order valence-electron chi connectivity index (χ3n) is 4.50.